The van der Waals surface area contributed by atoms with Crippen molar-refractivity contribution >= 4 is 11.8 Å². The number of likely N-dealkylation sites (tertiary alicyclic amines) is 2. The first-order chi connectivity index (χ1) is 14.7. The zero-order valence-electron chi connectivity index (χ0n) is 17.4. The number of piperidine rings is 1. The number of nitrogens with zero attached hydrogens (tertiary/aromatic N) is 4. The number of ketones is 1. The van der Waals surface area contributed by atoms with E-state index in [4.69, 9.17) is 0 Å². The molecule has 1 aromatic carbocycles. The molecule has 1 amide bonds. The van der Waals surface area contributed by atoms with Crippen LogP contribution in [0.4, 0.5) is 18.0 Å². The number of carbonyl (C=O) groups excluding carboxylic acids is 2. The molecule has 4 rings (SSSR count). The minimum atomic E-state index is -4.33. The quantitative estimate of drug-likeness (QED) is 0.684. The lowest BCUT2D eigenvalue weighted by atomic mass is 9.78. The van der Waals surface area contributed by atoms with Crippen LogP contribution in [0.3, 0.4) is 0 Å². The van der Waals surface area contributed by atoms with E-state index in [0.29, 0.717) is 25.2 Å². The predicted octanol–water partition coefficient (Wildman–Crippen LogP) is 4.06. The molecule has 1 spiro atoms. The summed E-state index contributed by atoms with van der Waals surface area (Å²) in [6.45, 7) is 4.77. The minimum absolute atomic E-state index is 0.0904. The Morgan fingerprint density at radius 1 is 1.10 bits per heavy atom. The SMILES string of the molecule is CC(=O)c1ccn(C(=O)N2CCC3(CCN(Cc4cccc(C(F)(F)F)c4)C3)CC2)n1. The van der Waals surface area contributed by atoms with Gasteiger partial charge in [-0.15, -0.1) is 0 Å². The van der Waals surface area contributed by atoms with Crippen molar-refractivity contribution in [1.29, 1.82) is 0 Å². The van der Waals surface area contributed by atoms with E-state index in [9.17, 15) is 22.8 Å². The van der Waals surface area contributed by atoms with Gasteiger partial charge in [-0.1, -0.05) is 18.2 Å². The normalized spacial score (nSPS) is 19.2. The zero-order chi connectivity index (χ0) is 22.2. The number of rotatable bonds is 3. The molecule has 166 valence electrons. The molecule has 0 bridgehead atoms. The third-order valence-electron chi connectivity index (χ3n) is 6.42. The minimum Gasteiger partial charge on any atom is -0.323 e. The summed E-state index contributed by atoms with van der Waals surface area (Å²) < 4.78 is 40.1. The third-order valence-corrected chi connectivity index (χ3v) is 6.42. The van der Waals surface area contributed by atoms with Gasteiger partial charge >= 0.3 is 12.2 Å². The van der Waals surface area contributed by atoms with Gasteiger partial charge in [-0.2, -0.15) is 23.0 Å². The summed E-state index contributed by atoms with van der Waals surface area (Å²) in [5, 5.41) is 4.04. The van der Waals surface area contributed by atoms with Crippen molar-refractivity contribution in [2.24, 2.45) is 5.41 Å². The number of hydrogen-bond acceptors (Lipinski definition) is 4. The Kier molecular flexibility index (Phi) is 5.63. The van der Waals surface area contributed by atoms with Crippen molar-refractivity contribution < 1.29 is 22.8 Å². The molecule has 2 aromatic rings. The largest absolute Gasteiger partial charge is 0.416 e. The van der Waals surface area contributed by atoms with Gasteiger partial charge in [0.1, 0.15) is 5.69 Å². The molecule has 0 aliphatic carbocycles. The Morgan fingerprint density at radius 2 is 1.81 bits per heavy atom. The lowest BCUT2D eigenvalue weighted by Crippen LogP contribution is -2.45. The molecule has 0 unspecified atom stereocenters. The van der Waals surface area contributed by atoms with Crippen molar-refractivity contribution in [3.8, 4) is 0 Å². The Hall–Kier alpha value is -2.68. The molecular weight excluding hydrogens is 409 g/mol. The molecule has 9 heteroatoms. The Morgan fingerprint density at radius 3 is 2.45 bits per heavy atom. The standard InChI is InChI=1S/C22H25F3N4O2/c1-16(30)19-5-9-29(26-19)20(31)28-11-7-21(8-12-28)6-10-27(15-21)14-17-3-2-4-18(13-17)22(23,24)25/h2-5,9,13H,6-8,10-12,14-15H2,1H3. The highest BCUT2D eigenvalue weighted by Gasteiger charge is 2.41. The van der Waals surface area contributed by atoms with Crippen LogP contribution in [0, 0.1) is 5.41 Å². The highest BCUT2D eigenvalue weighted by molar-refractivity contribution is 5.92. The summed E-state index contributed by atoms with van der Waals surface area (Å²) in [6, 6.07) is 6.82. The van der Waals surface area contributed by atoms with Gasteiger partial charge in [0.25, 0.3) is 0 Å². The topological polar surface area (TPSA) is 58.4 Å². The van der Waals surface area contributed by atoms with Crippen LogP contribution in [0.2, 0.25) is 0 Å². The van der Waals surface area contributed by atoms with E-state index < -0.39 is 11.7 Å². The summed E-state index contributed by atoms with van der Waals surface area (Å²) in [5.74, 6) is -0.184. The van der Waals surface area contributed by atoms with Crippen LogP contribution in [0.25, 0.3) is 0 Å². The Labute approximate surface area is 178 Å². The third kappa shape index (κ3) is 4.66. The van der Waals surface area contributed by atoms with E-state index in [1.165, 1.54) is 36.0 Å². The Bertz CT molecular complexity index is 977. The van der Waals surface area contributed by atoms with Crippen molar-refractivity contribution in [3.63, 3.8) is 0 Å². The molecule has 0 saturated carbocycles. The van der Waals surface area contributed by atoms with Crippen molar-refractivity contribution in [3.05, 3.63) is 53.3 Å². The van der Waals surface area contributed by atoms with Crippen LogP contribution in [0.15, 0.2) is 36.5 Å². The van der Waals surface area contributed by atoms with E-state index in [0.717, 1.165) is 38.4 Å². The van der Waals surface area contributed by atoms with Gasteiger partial charge in [0.05, 0.1) is 5.56 Å². The van der Waals surface area contributed by atoms with Crippen LogP contribution < -0.4 is 0 Å². The summed E-state index contributed by atoms with van der Waals surface area (Å²) in [7, 11) is 0. The maximum Gasteiger partial charge on any atom is 0.416 e. The molecule has 31 heavy (non-hydrogen) atoms. The average molecular weight is 434 g/mol. The maximum atomic E-state index is 13.0. The molecule has 6 nitrogen and oxygen atoms in total. The monoisotopic (exact) mass is 434 g/mol. The fourth-order valence-electron chi connectivity index (χ4n) is 4.61. The van der Waals surface area contributed by atoms with Gasteiger partial charge < -0.3 is 4.90 Å². The van der Waals surface area contributed by atoms with Crippen LogP contribution in [-0.2, 0) is 12.7 Å². The molecule has 0 atom stereocenters. The Balaban J connectivity index is 1.33. The lowest BCUT2D eigenvalue weighted by Gasteiger charge is -2.39. The first-order valence-electron chi connectivity index (χ1n) is 10.4. The first kappa shape index (κ1) is 21.5. The van der Waals surface area contributed by atoms with E-state index >= 15 is 0 Å². The van der Waals surface area contributed by atoms with E-state index in [1.807, 2.05) is 0 Å². The number of hydrogen-bond donors (Lipinski definition) is 0. The molecular formula is C22H25F3N4O2. The molecule has 2 saturated heterocycles. The molecule has 3 heterocycles. The fraction of sp³-hybridized carbons (Fsp3) is 0.500. The second kappa shape index (κ2) is 8.11. The second-order valence-corrected chi connectivity index (χ2v) is 8.63. The van der Waals surface area contributed by atoms with E-state index in [-0.39, 0.29) is 22.9 Å². The van der Waals surface area contributed by atoms with Gasteiger partial charge in [0, 0.05) is 39.3 Å². The van der Waals surface area contributed by atoms with Crippen molar-refractivity contribution in [2.75, 3.05) is 26.2 Å². The summed E-state index contributed by atoms with van der Waals surface area (Å²) in [6.07, 6.45) is -0.154. The number of aromatic nitrogens is 2. The molecule has 2 fully saturated rings. The van der Waals surface area contributed by atoms with E-state index in [1.54, 1.807) is 11.0 Å². The molecule has 1 aromatic heterocycles. The number of halogens is 3. The van der Waals surface area contributed by atoms with Gasteiger partial charge in [-0.25, -0.2) is 4.79 Å². The van der Waals surface area contributed by atoms with Crippen molar-refractivity contribution in [1.82, 2.24) is 19.6 Å². The highest BCUT2D eigenvalue weighted by Crippen LogP contribution is 2.41. The predicted molar refractivity (Wildman–Crippen MR) is 108 cm³/mol. The smallest absolute Gasteiger partial charge is 0.323 e. The summed E-state index contributed by atoms with van der Waals surface area (Å²) in [5.41, 5.74) is 0.409. The van der Waals surface area contributed by atoms with Gasteiger partial charge in [-0.05, 0) is 48.9 Å². The summed E-state index contributed by atoms with van der Waals surface area (Å²) in [4.78, 5) is 28.0. The molecule has 0 radical (unpaired) electrons. The first-order valence-corrected chi connectivity index (χ1v) is 10.4. The van der Waals surface area contributed by atoms with Crippen LogP contribution in [0.1, 0.15) is 47.8 Å². The van der Waals surface area contributed by atoms with E-state index in [2.05, 4.69) is 10.00 Å². The zero-order valence-corrected chi connectivity index (χ0v) is 17.4. The lowest BCUT2D eigenvalue weighted by molar-refractivity contribution is -0.137. The molecule has 0 N–H and O–H groups in total. The van der Waals surface area contributed by atoms with Crippen LogP contribution in [0.5, 0.6) is 0 Å². The van der Waals surface area contributed by atoms with Gasteiger partial charge in [0.2, 0.25) is 0 Å². The maximum absolute atomic E-state index is 13.0. The van der Waals surface area contributed by atoms with Gasteiger partial charge in [-0.3, -0.25) is 9.69 Å². The summed E-state index contributed by atoms with van der Waals surface area (Å²) >= 11 is 0. The van der Waals surface area contributed by atoms with Gasteiger partial charge in [0.15, 0.2) is 5.78 Å². The number of Topliss-reactive ketones (excluding diaryl/α,β-unsaturated/α-hetero) is 1. The molecule has 2 aliphatic rings. The fourth-order valence-corrected chi connectivity index (χ4v) is 4.61. The van der Waals surface area contributed by atoms with Crippen LogP contribution in [-0.4, -0.2) is 57.6 Å². The van der Waals surface area contributed by atoms with Crippen molar-refractivity contribution in [2.45, 2.75) is 38.9 Å². The van der Waals surface area contributed by atoms with Crippen LogP contribution >= 0.6 is 0 Å². The average Bonchev–Trinajstić information content (AvgIpc) is 3.36. The molecule has 2 aliphatic heterocycles. The number of amides is 1. The highest BCUT2D eigenvalue weighted by atomic mass is 19.4. The second-order valence-electron chi connectivity index (χ2n) is 8.63. The number of alkyl halides is 3. The number of benzene rings is 1. The number of carbonyl (C=O) groups is 2.